The van der Waals surface area contributed by atoms with Crippen molar-refractivity contribution < 1.29 is 23.3 Å². The molecule has 0 aromatic carbocycles. The van der Waals surface area contributed by atoms with Crippen LogP contribution in [0.5, 0.6) is 0 Å². The summed E-state index contributed by atoms with van der Waals surface area (Å²) < 4.78 is 0. The summed E-state index contributed by atoms with van der Waals surface area (Å²) in [5, 5.41) is 44.4. The van der Waals surface area contributed by atoms with Crippen LogP contribution in [0.2, 0.25) is 0 Å². The smallest absolute Gasteiger partial charge is 1.00 e. The minimum Gasteiger partial charge on any atom is -1.00 e. The first-order valence-corrected chi connectivity index (χ1v) is 10.2. The first kappa shape index (κ1) is 22.1. The van der Waals surface area contributed by atoms with E-state index < -0.39 is 11.1 Å². The van der Waals surface area contributed by atoms with E-state index in [4.69, 9.17) is 0 Å². The van der Waals surface area contributed by atoms with Gasteiger partial charge in [0.05, 0.1) is 0 Å². The molecule has 0 amide bonds. The number of hydrogen-bond donors (Lipinski definition) is 6. The first-order chi connectivity index (χ1) is 15.4. The van der Waals surface area contributed by atoms with Gasteiger partial charge in [0, 0.05) is 0 Å². The fourth-order valence-corrected chi connectivity index (χ4v) is 4.53. The molecule has 0 bridgehead atoms. The topological polar surface area (TPSA) is 105 Å². The molecule has 6 nitrogen and oxygen atoms in total. The van der Waals surface area contributed by atoms with Crippen molar-refractivity contribution >= 4 is 10.1 Å². The van der Waals surface area contributed by atoms with E-state index >= 15 is 0 Å². The van der Waals surface area contributed by atoms with Crippen molar-refractivity contribution in [1.82, 2.24) is 10.6 Å². The number of rotatable bonds is 0. The number of dihydropyridines is 2. The van der Waals surface area contributed by atoms with Gasteiger partial charge in [0.15, 0.2) is 11.8 Å². The number of aliphatic hydroxyl groups is 4. The van der Waals surface area contributed by atoms with E-state index in [-0.39, 0.29) is 36.3 Å². The van der Waals surface area contributed by atoms with Gasteiger partial charge in [0.2, 0.25) is 0 Å². The third-order valence-electron chi connectivity index (χ3n) is 6.01. The molecular formula is C26H24BeN2O4. The van der Waals surface area contributed by atoms with E-state index in [9.17, 15) is 20.4 Å². The Kier molecular flexibility index (Phi) is 5.40. The Morgan fingerprint density at radius 3 is 1.33 bits per heavy atom. The van der Waals surface area contributed by atoms with Gasteiger partial charge < -0.3 is 33.9 Å². The molecule has 0 saturated carbocycles. The summed E-state index contributed by atoms with van der Waals surface area (Å²) in [6, 6.07) is 0. The Bertz CT molecular complexity index is 1180. The van der Waals surface area contributed by atoms with Gasteiger partial charge >= 0.3 is 10.1 Å². The molecule has 0 saturated heterocycles. The third kappa shape index (κ3) is 3.60. The molecule has 6 aliphatic rings. The standard InChI is InChI=1S/2C13H11NO2.Be.2H/c2*15-11-6-4-9-2-1-3-10-5-7-12(16)14-13(9,10)8-11;;;/h2*1-8,14-16H;;;/q;;+2;2*-1. The largest absolute Gasteiger partial charge is 2.00 e. The number of hydrogen-bond acceptors (Lipinski definition) is 6. The Morgan fingerprint density at radius 2 is 0.909 bits per heavy atom. The maximum absolute atomic E-state index is 9.62. The van der Waals surface area contributed by atoms with Crippen LogP contribution >= 0.6 is 0 Å². The maximum Gasteiger partial charge on any atom is 2.00 e. The van der Waals surface area contributed by atoms with Crippen molar-refractivity contribution in [3.05, 3.63) is 143 Å². The quantitative estimate of drug-likeness (QED) is 0.318. The van der Waals surface area contributed by atoms with Crippen LogP contribution < -0.4 is 10.6 Å². The van der Waals surface area contributed by atoms with Crippen LogP contribution in [0.3, 0.4) is 0 Å². The molecule has 2 atom stereocenters. The van der Waals surface area contributed by atoms with Gasteiger partial charge in [-0.3, -0.25) is 0 Å². The van der Waals surface area contributed by atoms with Gasteiger partial charge in [-0.05, 0) is 58.7 Å². The molecule has 2 spiro atoms. The average molecular weight is 438 g/mol. The van der Waals surface area contributed by atoms with Crippen LogP contribution in [-0.4, -0.2) is 41.6 Å². The van der Waals surface area contributed by atoms with E-state index in [1.165, 1.54) is 0 Å². The molecule has 33 heavy (non-hydrogen) atoms. The molecular weight excluding hydrogens is 413 g/mol. The van der Waals surface area contributed by atoms with Crippen LogP contribution in [0, 0.1) is 0 Å². The molecule has 6 rings (SSSR count). The average Bonchev–Trinajstić information content (AvgIpc) is 2.76. The van der Waals surface area contributed by atoms with Crippen molar-refractivity contribution in [2.75, 3.05) is 0 Å². The van der Waals surface area contributed by atoms with E-state index in [2.05, 4.69) is 10.6 Å². The third-order valence-corrected chi connectivity index (χ3v) is 6.01. The summed E-state index contributed by atoms with van der Waals surface area (Å²) in [7, 11) is 0. The minimum atomic E-state index is -0.619. The zero-order valence-electron chi connectivity index (χ0n) is 19.7. The minimum absolute atomic E-state index is 0. The van der Waals surface area contributed by atoms with Gasteiger partial charge in [-0.25, -0.2) is 0 Å². The van der Waals surface area contributed by atoms with Crippen LogP contribution in [0.1, 0.15) is 2.85 Å². The molecule has 2 unspecified atom stereocenters. The van der Waals surface area contributed by atoms with Gasteiger partial charge in [0.1, 0.15) is 22.6 Å². The summed E-state index contributed by atoms with van der Waals surface area (Å²) >= 11 is 0. The zero-order valence-corrected chi connectivity index (χ0v) is 17.7. The molecule has 7 heteroatoms. The zero-order chi connectivity index (χ0) is 22.3. The number of allylic oxidation sites excluding steroid dienone is 10. The van der Waals surface area contributed by atoms with E-state index in [0.29, 0.717) is 0 Å². The SMILES string of the molecule is OC1=CC23NC(O)=CC=C2C=CC=C3C=C1.OC1=CC23NC(O)=CC=C2C=CC=C3C=C1.[Be+2].[H-].[H-]. The summed E-state index contributed by atoms with van der Waals surface area (Å²) in [6.45, 7) is 0. The predicted molar refractivity (Wildman–Crippen MR) is 131 cm³/mol. The Morgan fingerprint density at radius 1 is 0.515 bits per heavy atom. The molecule has 0 aromatic rings. The van der Waals surface area contributed by atoms with E-state index in [1.807, 2.05) is 60.8 Å². The van der Waals surface area contributed by atoms with Crippen LogP contribution in [-0.2, 0) is 0 Å². The van der Waals surface area contributed by atoms with Crippen molar-refractivity contribution in [3.63, 3.8) is 0 Å². The Hall–Kier alpha value is -4.15. The monoisotopic (exact) mass is 437 g/mol. The Labute approximate surface area is 198 Å². The predicted octanol–water partition coefficient (Wildman–Crippen LogP) is 4.17. The second kappa shape index (κ2) is 8.08. The summed E-state index contributed by atoms with van der Waals surface area (Å²) in [4.78, 5) is 0. The van der Waals surface area contributed by atoms with E-state index in [1.54, 1.807) is 36.5 Å². The normalized spacial score (nSPS) is 29.3. The van der Waals surface area contributed by atoms with Crippen molar-refractivity contribution in [3.8, 4) is 0 Å². The second-order valence-electron chi connectivity index (χ2n) is 7.98. The molecule has 0 fully saturated rings. The first-order valence-electron chi connectivity index (χ1n) is 10.2. The maximum atomic E-state index is 9.62. The van der Waals surface area contributed by atoms with E-state index in [0.717, 1.165) is 22.3 Å². The van der Waals surface area contributed by atoms with Crippen LogP contribution in [0.15, 0.2) is 143 Å². The van der Waals surface area contributed by atoms with Crippen LogP contribution in [0.25, 0.3) is 0 Å². The molecule has 0 aromatic heterocycles. The van der Waals surface area contributed by atoms with Gasteiger partial charge in [-0.2, -0.15) is 0 Å². The van der Waals surface area contributed by atoms with Crippen molar-refractivity contribution in [2.45, 2.75) is 11.1 Å². The van der Waals surface area contributed by atoms with Gasteiger partial charge in [-0.1, -0.05) is 60.8 Å². The molecule has 0 radical (unpaired) electrons. The fraction of sp³-hybridized carbons (Fsp3) is 0.0769. The van der Waals surface area contributed by atoms with Crippen molar-refractivity contribution in [1.29, 1.82) is 0 Å². The summed E-state index contributed by atoms with van der Waals surface area (Å²) in [6.07, 6.45) is 29.1. The second-order valence-corrected chi connectivity index (χ2v) is 7.98. The van der Waals surface area contributed by atoms with Gasteiger partial charge in [0.25, 0.3) is 0 Å². The van der Waals surface area contributed by atoms with Crippen molar-refractivity contribution in [2.24, 2.45) is 0 Å². The molecule has 164 valence electrons. The van der Waals surface area contributed by atoms with Crippen LogP contribution in [0.4, 0.5) is 0 Å². The Balaban J connectivity index is 0.000000227. The fourth-order valence-electron chi connectivity index (χ4n) is 4.53. The molecule has 2 heterocycles. The molecule has 6 N–H and O–H groups in total. The summed E-state index contributed by atoms with van der Waals surface area (Å²) in [5.41, 5.74) is 2.76. The number of nitrogens with one attached hydrogen (secondary N) is 2. The number of aliphatic hydroxyl groups excluding tert-OH is 4. The molecule has 2 aliphatic heterocycles. The molecule has 4 aliphatic carbocycles. The summed E-state index contributed by atoms with van der Waals surface area (Å²) in [5.74, 6) is 0.592. The van der Waals surface area contributed by atoms with Gasteiger partial charge in [-0.15, -0.1) is 0 Å².